The fourth-order valence-electron chi connectivity index (χ4n) is 1.62. The molecule has 0 fully saturated rings. The molecule has 0 aromatic heterocycles. The lowest BCUT2D eigenvalue weighted by Crippen LogP contribution is -2.34. The van der Waals surface area contributed by atoms with Crippen LogP contribution in [-0.4, -0.2) is 19.2 Å². The Morgan fingerprint density at radius 1 is 1.27 bits per heavy atom. The lowest BCUT2D eigenvalue weighted by molar-refractivity contribution is -0.114. The summed E-state index contributed by atoms with van der Waals surface area (Å²) in [6.07, 6.45) is 3.01. The Kier molecular flexibility index (Phi) is 2.56. The summed E-state index contributed by atoms with van der Waals surface area (Å²) in [5, 5.41) is 0. The van der Waals surface area contributed by atoms with Gasteiger partial charge in [-0.2, -0.15) is 0 Å². The summed E-state index contributed by atoms with van der Waals surface area (Å²) in [4.78, 5) is 13.2. The average Bonchev–Trinajstić information content (AvgIpc) is 2.61. The molecule has 3 heteroatoms. The van der Waals surface area contributed by atoms with E-state index >= 15 is 0 Å². The highest BCUT2D eigenvalue weighted by atomic mass is 16.5. The molecule has 3 nitrogen and oxygen atoms in total. The minimum Gasteiger partial charge on any atom is -0.357 e. The highest BCUT2D eigenvalue weighted by Gasteiger charge is 2.26. The number of nitrogens with zero attached hydrogens (tertiary/aromatic N) is 1. The molecule has 0 N–H and O–H groups in total. The number of hydrogen-bond acceptors (Lipinski definition) is 2. The van der Waals surface area contributed by atoms with E-state index < -0.39 is 0 Å². The molecule has 15 heavy (non-hydrogen) atoms. The van der Waals surface area contributed by atoms with Crippen molar-refractivity contribution < 1.29 is 9.53 Å². The second-order valence-corrected chi connectivity index (χ2v) is 3.53. The van der Waals surface area contributed by atoms with Crippen LogP contribution in [0.1, 0.15) is 5.56 Å². The molecule has 0 radical (unpaired) electrons. The lowest BCUT2D eigenvalue weighted by atomic mass is 10.2. The first kappa shape index (κ1) is 9.93. The molecule has 1 heterocycles. The fraction of sp³-hybridized carbons (Fsp3) is 0.250. The molecule has 1 amide bonds. The van der Waals surface area contributed by atoms with Gasteiger partial charge in [-0.05, 0) is 25.1 Å². The molecule has 1 atom stereocenters. The van der Waals surface area contributed by atoms with Crippen molar-refractivity contribution in [2.24, 2.45) is 0 Å². The smallest absolute Gasteiger partial charge is 0.253 e. The number of anilines is 1. The van der Waals surface area contributed by atoms with E-state index in [1.54, 1.807) is 18.1 Å². The van der Waals surface area contributed by atoms with E-state index in [1.165, 1.54) is 11.6 Å². The van der Waals surface area contributed by atoms with Gasteiger partial charge in [0, 0.05) is 18.9 Å². The van der Waals surface area contributed by atoms with E-state index in [0.29, 0.717) is 0 Å². The maximum absolute atomic E-state index is 11.6. The minimum atomic E-state index is -0.278. The molecule has 78 valence electrons. The van der Waals surface area contributed by atoms with Gasteiger partial charge in [-0.25, -0.2) is 0 Å². The highest BCUT2D eigenvalue weighted by molar-refractivity contribution is 6.04. The lowest BCUT2D eigenvalue weighted by Gasteiger charge is -2.23. The number of methoxy groups -OCH3 is 1. The molecule has 1 aliphatic heterocycles. The van der Waals surface area contributed by atoms with Gasteiger partial charge < -0.3 is 4.74 Å². The zero-order valence-electron chi connectivity index (χ0n) is 8.81. The van der Waals surface area contributed by atoms with Crippen molar-refractivity contribution in [1.29, 1.82) is 0 Å². The summed E-state index contributed by atoms with van der Waals surface area (Å²) in [5.41, 5.74) is 2.04. The van der Waals surface area contributed by atoms with Gasteiger partial charge in [0.25, 0.3) is 5.91 Å². The second-order valence-electron chi connectivity index (χ2n) is 3.53. The Bertz CT molecular complexity index is 395. The van der Waals surface area contributed by atoms with Crippen LogP contribution in [0.15, 0.2) is 36.4 Å². The first-order valence-electron chi connectivity index (χ1n) is 4.83. The molecule has 0 aliphatic carbocycles. The zero-order chi connectivity index (χ0) is 10.8. The topological polar surface area (TPSA) is 29.5 Å². The number of hydrogen-bond donors (Lipinski definition) is 0. The molecule has 0 spiro atoms. The summed E-state index contributed by atoms with van der Waals surface area (Å²) >= 11 is 0. The van der Waals surface area contributed by atoms with Crippen LogP contribution >= 0.6 is 0 Å². The molecule has 1 aromatic rings. The van der Waals surface area contributed by atoms with Crippen molar-refractivity contribution >= 4 is 11.6 Å². The van der Waals surface area contributed by atoms with Crippen LogP contribution in [-0.2, 0) is 9.53 Å². The predicted octanol–water partition coefficient (Wildman–Crippen LogP) is 1.87. The van der Waals surface area contributed by atoms with Crippen LogP contribution in [0.3, 0.4) is 0 Å². The van der Waals surface area contributed by atoms with E-state index in [9.17, 15) is 4.79 Å². The standard InChI is InChI=1S/C12H13NO2/c1-9-3-5-10(6-4-9)13-11(14)7-8-12(13)15-2/h3-8,12H,1-2H3. The van der Waals surface area contributed by atoms with Gasteiger partial charge in [0.1, 0.15) is 0 Å². The molecular weight excluding hydrogens is 190 g/mol. The SMILES string of the molecule is COC1C=CC(=O)N1c1ccc(C)cc1. The molecule has 1 aromatic carbocycles. The summed E-state index contributed by atoms with van der Waals surface area (Å²) in [6.45, 7) is 2.02. The number of carbonyl (C=O) groups excluding carboxylic acids is 1. The first-order valence-corrected chi connectivity index (χ1v) is 4.83. The van der Waals surface area contributed by atoms with Gasteiger partial charge in [-0.15, -0.1) is 0 Å². The Morgan fingerprint density at radius 3 is 2.53 bits per heavy atom. The number of rotatable bonds is 2. The fourth-order valence-corrected chi connectivity index (χ4v) is 1.62. The Labute approximate surface area is 89.0 Å². The highest BCUT2D eigenvalue weighted by Crippen LogP contribution is 2.22. The molecule has 1 unspecified atom stereocenters. The molecule has 2 rings (SSSR count). The van der Waals surface area contributed by atoms with Crippen LogP contribution in [0, 0.1) is 6.92 Å². The second kappa shape index (κ2) is 3.87. The predicted molar refractivity (Wildman–Crippen MR) is 58.6 cm³/mol. The van der Waals surface area contributed by atoms with E-state index in [-0.39, 0.29) is 12.1 Å². The maximum Gasteiger partial charge on any atom is 0.253 e. The third kappa shape index (κ3) is 1.78. The normalized spacial score (nSPS) is 20.0. The van der Waals surface area contributed by atoms with Crippen molar-refractivity contribution in [3.8, 4) is 0 Å². The van der Waals surface area contributed by atoms with Crippen molar-refractivity contribution in [2.75, 3.05) is 12.0 Å². The number of carbonyl (C=O) groups is 1. The van der Waals surface area contributed by atoms with Crippen LogP contribution < -0.4 is 4.90 Å². The Morgan fingerprint density at radius 2 is 1.93 bits per heavy atom. The zero-order valence-corrected chi connectivity index (χ0v) is 8.81. The quantitative estimate of drug-likeness (QED) is 0.734. The van der Waals surface area contributed by atoms with Gasteiger partial charge in [0.2, 0.25) is 0 Å². The van der Waals surface area contributed by atoms with E-state index in [4.69, 9.17) is 4.74 Å². The number of ether oxygens (including phenoxy) is 1. The van der Waals surface area contributed by atoms with E-state index in [0.717, 1.165) is 5.69 Å². The van der Waals surface area contributed by atoms with Crippen LogP contribution in [0.4, 0.5) is 5.69 Å². The van der Waals surface area contributed by atoms with Crippen LogP contribution in [0.25, 0.3) is 0 Å². The minimum absolute atomic E-state index is 0.0364. The Balaban J connectivity index is 2.30. The van der Waals surface area contributed by atoms with Crippen molar-refractivity contribution in [3.05, 3.63) is 42.0 Å². The third-order valence-corrected chi connectivity index (χ3v) is 2.45. The van der Waals surface area contributed by atoms with Crippen LogP contribution in [0.5, 0.6) is 0 Å². The molecule has 1 aliphatic rings. The maximum atomic E-state index is 11.6. The largest absolute Gasteiger partial charge is 0.357 e. The summed E-state index contributed by atoms with van der Waals surface area (Å²) in [5.74, 6) is -0.0364. The van der Waals surface area contributed by atoms with Gasteiger partial charge in [0.15, 0.2) is 6.23 Å². The molecule has 0 saturated carbocycles. The van der Waals surface area contributed by atoms with Gasteiger partial charge in [-0.1, -0.05) is 17.7 Å². The molecule has 0 saturated heterocycles. The average molecular weight is 203 g/mol. The van der Waals surface area contributed by atoms with E-state index in [2.05, 4.69) is 0 Å². The number of benzene rings is 1. The third-order valence-electron chi connectivity index (χ3n) is 2.45. The van der Waals surface area contributed by atoms with Gasteiger partial charge in [-0.3, -0.25) is 9.69 Å². The summed E-state index contributed by atoms with van der Waals surface area (Å²) < 4.78 is 5.20. The molecular formula is C12H13NO2. The summed E-state index contributed by atoms with van der Waals surface area (Å²) in [6, 6.07) is 7.81. The van der Waals surface area contributed by atoms with Crippen molar-refractivity contribution in [2.45, 2.75) is 13.2 Å². The van der Waals surface area contributed by atoms with E-state index in [1.807, 2.05) is 31.2 Å². The molecule has 0 bridgehead atoms. The first-order chi connectivity index (χ1) is 7.22. The van der Waals surface area contributed by atoms with Crippen molar-refractivity contribution in [3.63, 3.8) is 0 Å². The van der Waals surface area contributed by atoms with Gasteiger partial charge in [0.05, 0.1) is 0 Å². The number of amides is 1. The summed E-state index contributed by atoms with van der Waals surface area (Å²) in [7, 11) is 1.59. The van der Waals surface area contributed by atoms with Crippen molar-refractivity contribution in [1.82, 2.24) is 0 Å². The number of aryl methyl sites for hydroxylation is 1. The van der Waals surface area contributed by atoms with Crippen LogP contribution in [0.2, 0.25) is 0 Å². The Hall–Kier alpha value is -1.61. The monoisotopic (exact) mass is 203 g/mol. The van der Waals surface area contributed by atoms with Gasteiger partial charge >= 0.3 is 0 Å².